The van der Waals surface area contributed by atoms with E-state index in [1.54, 1.807) is 6.08 Å². The zero-order chi connectivity index (χ0) is 48.6. The molecular weight excluding hydrogens is 827 g/mol. The van der Waals surface area contributed by atoms with Crippen LogP contribution in [-0.2, 0) is 14.3 Å². The summed E-state index contributed by atoms with van der Waals surface area (Å²) in [6.07, 6.45) is 70.2. The van der Waals surface area contributed by atoms with Crippen LogP contribution in [0.1, 0.15) is 316 Å². The van der Waals surface area contributed by atoms with Crippen molar-refractivity contribution in [1.82, 2.24) is 5.32 Å². The number of hydrogen-bond donors (Lipinski definition) is 3. The zero-order valence-corrected chi connectivity index (χ0v) is 44.9. The minimum atomic E-state index is -0.859. The van der Waals surface area contributed by atoms with Gasteiger partial charge in [0.05, 0.1) is 25.4 Å². The summed E-state index contributed by atoms with van der Waals surface area (Å²) in [5.74, 6) is -0.114. The van der Waals surface area contributed by atoms with E-state index in [2.05, 4.69) is 43.5 Å². The molecule has 1 amide bonds. The summed E-state index contributed by atoms with van der Waals surface area (Å²) in [4.78, 5) is 24.5. The maximum atomic E-state index is 12.5. The summed E-state index contributed by atoms with van der Waals surface area (Å²) in [5, 5.41) is 23.2. The Morgan fingerprint density at radius 1 is 0.418 bits per heavy atom. The molecule has 0 fully saturated rings. The molecular formula is C61H115NO5. The van der Waals surface area contributed by atoms with Crippen molar-refractivity contribution in [2.24, 2.45) is 0 Å². The molecule has 0 aliphatic rings. The number of unbranched alkanes of at least 4 members (excludes halogenated alkanes) is 40. The van der Waals surface area contributed by atoms with Crippen molar-refractivity contribution in [2.45, 2.75) is 328 Å². The Balaban J connectivity index is 3.50. The molecule has 394 valence electrons. The summed E-state index contributed by atoms with van der Waals surface area (Å²) in [6, 6.07) is -0.644. The van der Waals surface area contributed by atoms with E-state index in [0.29, 0.717) is 19.4 Å². The number of esters is 1. The normalized spacial score (nSPS) is 12.8. The number of ether oxygens (including phenoxy) is 1. The summed E-state index contributed by atoms with van der Waals surface area (Å²) in [7, 11) is 0. The van der Waals surface area contributed by atoms with Crippen LogP contribution in [0.2, 0.25) is 0 Å². The Hall–Kier alpha value is -1.92. The summed E-state index contributed by atoms with van der Waals surface area (Å²) >= 11 is 0. The van der Waals surface area contributed by atoms with Crippen molar-refractivity contribution >= 4 is 11.9 Å². The minimum Gasteiger partial charge on any atom is -0.466 e. The Morgan fingerprint density at radius 3 is 1.16 bits per heavy atom. The lowest BCUT2D eigenvalue weighted by Gasteiger charge is -2.20. The molecule has 0 aliphatic heterocycles. The van der Waals surface area contributed by atoms with Gasteiger partial charge >= 0.3 is 5.97 Å². The lowest BCUT2D eigenvalue weighted by Crippen LogP contribution is -2.45. The van der Waals surface area contributed by atoms with Crippen molar-refractivity contribution in [3.05, 3.63) is 36.5 Å². The fourth-order valence-corrected chi connectivity index (χ4v) is 9.08. The van der Waals surface area contributed by atoms with E-state index in [9.17, 15) is 19.8 Å². The first kappa shape index (κ1) is 65.1. The molecule has 0 radical (unpaired) electrons. The molecule has 0 spiro atoms. The van der Waals surface area contributed by atoms with Gasteiger partial charge in [-0.15, -0.1) is 0 Å². The first-order chi connectivity index (χ1) is 33.0. The average Bonchev–Trinajstić information content (AvgIpc) is 3.33. The highest BCUT2D eigenvalue weighted by molar-refractivity contribution is 5.76. The van der Waals surface area contributed by atoms with Gasteiger partial charge in [0.1, 0.15) is 0 Å². The topological polar surface area (TPSA) is 95.9 Å². The van der Waals surface area contributed by atoms with Crippen molar-refractivity contribution in [3.63, 3.8) is 0 Å². The van der Waals surface area contributed by atoms with Gasteiger partial charge in [-0.2, -0.15) is 0 Å². The lowest BCUT2D eigenvalue weighted by atomic mass is 10.0. The first-order valence-corrected chi connectivity index (χ1v) is 29.8. The van der Waals surface area contributed by atoms with Crippen molar-refractivity contribution in [2.75, 3.05) is 13.2 Å². The van der Waals surface area contributed by atoms with Crippen molar-refractivity contribution < 1.29 is 24.5 Å². The minimum absolute atomic E-state index is 0.0289. The van der Waals surface area contributed by atoms with Gasteiger partial charge in [0.25, 0.3) is 0 Å². The standard InChI is InChI=1S/C61H115NO5/c1-3-5-7-9-11-13-15-17-19-20-21-22-23-24-25-26-27-29-30-33-37-41-45-49-53-59(64)58(57-63)62-60(65)54-50-46-42-38-34-32-36-40-44-48-52-56-67-61(66)55-51-47-43-39-35-31-28-18-16-14-12-10-8-6-4-2/h12,14,18,28,49,53,58-59,63-64H,3-11,13,15-17,19-27,29-48,50-52,54-57H2,1-2H3,(H,62,65)/b14-12-,28-18-,53-49+. The van der Waals surface area contributed by atoms with Crippen LogP contribution in [-0.4, -0.2) is 47.4 Å². The van der Waals surface area contributed by atoms with E-state index in [4.69, 9.17) is 4.74 Å². The number of nitrogens with one attached hydrogen (secondary N) is 1. The molecule has 6 heteroatoms. The first-order valence-electron chi connectivity index (χ1n) is 29.8. The molecule has 0 aromatic carbocycles. The second-order valence-corrected chi connectivity index (χ2v) is 20.3. The Bertz CT molecular complexity index is 1090. The molecule has 0 aromatic heterocycles. The van der Waals surface area contributed by atoms with Crippen LogP contribution in [0.25, 0.3) is 0 Å². The van der Waals surface area contributed by atoms with Crippen LogP contribution >= 0.6 is 0 Å². The molecule has 0 saturated carbocycles. The number of amides is 1. The maximum absolute atomic E-state index is 12.5. The van der Waals surface area contributed by atoms with E-state index in [0.717, 1.165) is 70.6 Å². The van der Waals surface area contributed by atoms with Gasteiger partial charge in [-0.25, -0.2) is 0 Å². The molecule has 0 heterocycles. The van der Waals surface area contributed by atoms with Gasteiger partial charge in [0, 0.05) is 12.8 Å². The molecule has 2 unspecified atom stereocenters. The van der Waals surface area contributed by atoms with Crippen LogP contribution in [0.3, 0.4) is 0 Å². The number of aliphatic hydroxyl groups excluding tert-OH is 2. The van der Waals surface area contributed by atoms with E-state index in [1.807, 2.05) is 6.08 Å². The van der Waals surface area contributed by atoms with Crippen LogP contribution in [0.15, 0.2) is 36.5 Å². The van der Waals surface area contributed by atoms with Gasteiger partial charge in [0.2, 0.25) is 5.91 Å². The fourth-order valence-electron chi connectivity index (χ4n) is 9.08. The maximum Gasteiger partial charge on any atom is 0.305 e. The monoisotopic (exact) mass is 942 g/mol. The summed E-state index contributed by atoms with van der Waals surface area (Å²) < 4.78 is 5.46. The third kappa shape index (κ3) is 53.3. The molecule has 6 nitrogen and oxygen atoms in total. The average molecular weight is 943 g/mol. The smallest absolute Gasteiger partial charge is 0.305 e. The van der Waals surface area contributed by atoms with Gasteiger partial charge in [-0.1, -0.05) is 275 Å². The van der Waals surface area contributed by atoms with Crippen molar-refractivity contribution in [3.8, 4) is 0 Å². The molecule has 0 aromatic rings. The number of rotatable bonds is 55. The number of carbonyl (C=O) groups excluding carboxylic acids is 2. The molecule has 67 heavy (non-hydrogen) atoms. The van der Waals surface area contributed by atoms with Gasteiger partial charge in [0.15, 0.2) is 0 Å². The van der Waals surface area contributed by atoms with Gasteiger partial charge < -0.3 is 20.3 Å². The summed E-state index contributed by atoms with van der Waals surface area (Å²) in [5.41, 5.74) is 0. The number of aliphatic hydroxyl groups is 2. The lowest BCUT2D eigenvalue weighted by molar-refractivity contribution is -0.143. The Labute approximate surface area is 417 Å². The van der Waals surface area contributed by atoms with E-state index in [1.165, 1.54) is 218 Å². The molecule has 0 saturated heterocycles. The number of allylic oxidation sites excluding steroid dienone is 5. The number of carbonyl (C=O) groups is 2. The molecule has 0 bridgehead atoms. The van der Waals surface area contributed by atoms with Crippen LogP contribution < -0.4 is 5.32 Å². The third-order valence-electron chi connectivity index (χ3n) is 13.7. The van der Waals surface area contributed by atoms with Gasteiger partial charge in [-0.3, -0.25) is 9.59 Å². The molecule has 2 atom stereocenters. The van der Waals surface area contributed by atoms with Crippen molar-refractivity contribution in [1.29, 1.82) is 0 Å². The van der Waals surface area contributed by atoms with E-state index < -0.39 is 12.1 Å². The Morgan fingerprint density at radius 2 is 0.746 bits per heavy atom. The zero-order valence-electron chi connectivity index (χ0n) is 44.9. The van der Waals surface area contributed by atoms with Crippen LogP contribution in [0.5, 0.6) is 0 Å². The van der Waals surface area contributed by atoms with E-state index in [-0.39, 0.29) is 18.5 Å². The SMILES string of the molecule is CCCCC/C=C\C/C=C\CCCCCCCC(=O)OCCCCCCCCCCCCCC(=O)NC(CO)C(O)/C=C/CCCCCCCCCCCCCCCCCCCCCCCC. The van der Waals surface area contributed by atoms with Crippen LogP contribution in [0, 0.1) is 0 Å². The highest BCUT2D eigenvalue weighted by Crippen LogP contribution is 2.17. The molecule has 3 N–H and O–H groups in total. The molecule has 0 rings (SSSR count). The Kier molecular flexibility index (Phi) is 55.0. The predicted molar refractivity (Wildman–Crippen MR) is 292 cm³/mol. The highest BCUT2D eigenvalue weighted by Gasteiger charge is 2.18. The summed E-state index contributed by atoms with van der Waals surface area (Å²) in [6.45, 7) is 4.84. The second-order valence-electron chi connectivity index (χ2n) is 20.3. The quantitative estimate of drug-likeness (QED) is 0.0321. The highest BCUT2D eigenvalue weighted by atomic mass is 16.5. The largest absolute Gasteiger partial charge is 0.466 e. The number of hydrogen-bond acceptors (Lipinski definition) is 5. The van der Waals surface area contributed by atoms with Crippen LogP contribution in [0.4, 0.5) is 0 Å². The third-order valence-corrected chi connectivity index (χ3v) is 13.7. The second kappa shape index (κ2) is 56.7. The molecule has 0 aliphatic carbocycles. The van der Waals surface area contributed by atoms with E-state index >= 15 is 0 Å². The predicted octanol–water partition coefficient (Wildman–Crippen LogP) is 18.4. The van der Waals surface area contributed by atoms with Gasteiger partial charge in [-0.05, 0) is 64.2 Å². The fraction of sp³-hybridized carbons (Fsp3) is 0.869.